The average molecular weight is 828 g/mol. The summed E-state index contributed by atoms with van der Waals surface area (Å²) in [6, 6.07) is 0. The summed E-state index contributed by atoms with van der Waals surface area (Å²) in [5, 5.41) is 31.6. The molecular formula is C37H72O6S3Sn. The van der Waals surface area contributed by atoms with Gasteiger partial charge in [0.25, 0.3) is 0 Å². The van der Waals surface area contributed by atoms with Crippen LogP contribution in [0.25, 0.3) is 0 Å². The second-order valence-corrected chi connectivity index (χ2v) is 16.3. The zero-order chi connectivity index (χ0) is 37.0. The molecule has 0 N–H and O–H groups in total. The number of carbonyl (C=O) groups excluding carboxylic acids is 3. The van der Waals surface area contributed by atoms with Crippen molar-refractivity contribution in [1.82, 2.24) is 0 Å². The second kappa shape index (κ2) is 40.7. The van der Waals surface area contributed by atoms with Crippen molar-refractivity contribution < 1.29 is 29.7 Å². The van der Waals surface area contributed by atoms with Crippen molar-refractivity contribution in [2.45, 2.75) is 162 Å². The molecule has 0 rings (SSSR count). The van der Waals surface area contributed by atoms with Gasteiger partial charge in [-0.1, -0.05) is 119 Å². The summed E-state index contributed by atoms with van der Waals surface area (Å²) in [5.74, 6) is -0.528. The molecule has 0 saturated carbocycles. The fourth-order valence-corrected chi connectivity index (χ4v) is 6.39. The van der Waals surface area contributed by atoms with Crippen LogP contribution in [0.2, 0.25) is 4.44 Å². The first kappa shape index (κ1) is 54.0. The van der Waals surface area contributed by atoms with Crippen LogP contribution in [0.4, 0.5) is 0 Å². The van der Waals surface area contributed by atoms with E-state index in [4.69, 9.17) is 0 Å². The first-order valence-corrected chi connectivity index (χ1v) is 22.2. The third-order valence-corrected chi connectivity index (χ3v) is 10.0. The molecule has 0 fully saturated rings. The maximum atomic E-state index is 10.5. The predicted octanol–water partition coefficient (Wildman–Crippen LogP) is 7.04. The Kier molecular flexibility index (Phi) is 46.8. The zero-order valence-corrected chi connectivity index (χ0v) is 36.6. The van der Waals surface area contributed by atoms with Crippen molar-refractivity contribution in [3.8, 4) is 0 Å². The fraction of sp³-hybridized carbons (Fsp3) is 0.919. The van der Waals surface area contributed by atoms with Gasteiger partial charge in [0.05, 0.1) is 0 Å². The van der Waals surface area contributed by atoms with Crippen LogP contribution >= 0.6 is 37.9 Å². The van der Waals surface area contributed by atoms with E-state index in [0.29, 0.717) is 36.5 Å². The van der Waals surface area contributed by atoms with Crippen molar-refractivity contribution >= 4 is 78.3 Å². The van der Waals surface area contributed by atoms with Gasteiger partial charge in [0.2, 0.25) is 0 Å². The molecule has 0 bridgehead atoms. The van der Waals surface area contributed by atoms with Gasteiger partial charge in [-0.2, -0.15) is 37.9 Å². The van der Waals surface area contributed by atoms with Crippen LogP contribution in [0.5, 0.6) is 0 Å². The molecule has 0 heterocycles. The van der Waals surface area contributed by atoms with Gasteiger partial charge in [0.15, 0.2) is 0 Å². The third kappa shape index (κ3) is 46.3. The Morgan fingerprint density at radius 3 is 0.830 bits per heavy atom. The Hall–Kier alpha value is 0.259. The number of carboxylic acids is 3. The third-order valence-electron chi connectivity index (χ3n) is 7.69. The van der Waals surface area contributed by atoms with E-state index in [0.717, 1.165) is 56.3 Å². The molecule has 0 aliphatic rings. The van der Waals surface area contributed by atoms with E-state index in [-0.39, 0.29) is 17.8 Å². The van der Waals surface area contributed by atoms with Crippen molar-refractivity contribution in [2.75, 3.05) is 17.3 Å². The molecule has 47 heavy (non-hydrogen) atoms. The molecule has 0 aromatic heterocycles. The van der Waals surface area contributed by atoms with E-state index in [9.17, 15) is 29.7 Å². The molecule has 0 aliphatic carbocycles. The van der Waals surface area contributed by atoms with Crippen molar-refractivity contribution in [3.63, 3.8) is 0 Å². The average Bonchev–Trinajstić information content (AvgIpc) is 2.99. The minimum atomic E-state index is -0.955. The van der Waals surface area contributed by atoms with E-state index in [1.807, 2.05) is 0 Å². The van der Waals surface area contributed by atoms with Crippen molar-refractivity contribution in [3.05, 3.63) is 0 Å². The van der Waals surface area contributed by atoms with Crippen LogP contribution in [0, 0.1) is 35.5 Å². The number of aliphatic carboxylic acids is 3. The van der Waals surface area contributed by atoms with Gasteiger partial charge in [-0.05, 0) is 54.3 Å². The number of hydrogen-bond donors (Lipinski definition) is 3. The van der Waals surface area contributed by atoms with Gasteiger partial charge in [0, 0.05) is 35.7 Å². The molecule has 0 saturated heterocycles. The van der Waals surface area contributed by atoms with E-state index in [1.165, 1.54) is 55.8 Å². The van der Waals surface area contributed by atoms with Crippen LogP contribution in [-0.4, -0.2) is 57.7 Å². The summed E-state index contributed by atoms with van der Waals surface area (Å²) in [5.41, 5.74) is 0. The predicted molar refractivity (Wildman–Crippen MR) is 206 cm³/mol. The Balaban J connectivity index is -0.000000275. The van der Waals surface area contributed by atoms with Crippen LogP contribution in [-0.2, 0) is 14.4 Å². The minimum absolute atomic E-state index is 0.364. The summed E-state index contributed by atoms with van der Waals surface area (Å²) in [4.78, 5) is 31.6. The molecule has 6 nitrogen and oxygen atoms in total. The SMILES string of the molecule is CC(C)CCCCCC(CS)C(=O)[O-].CC(C)CCCCCC(CS)C(=O)[O-].CC(C)CCCCCC(CS)C(=O)[O-].CCC[CH2][Sn+3]. The summed E-state index contributed by atoms with van der Waals surface area (Å²) in [6.45, 7) is 15.5. The number of hydrogen-bond acceptors (Lipinski definition) is 9. The first-order chi connectivity index (χ1) is 22.1. The van der Waals surface area contributed by atoms with Gasteiger partial charge >= 0.3 is 46.7 Å². The molecule has 10 heteroatoms. The normalized spacial score (nSPS) is 12.7. The molecule has 0 aromatic carbocycles. The van der Waals surface area contributed by atoms with Gasteiger partial charge < -0.3 is 29.7 Å². The first-order valence-electron chi connectivity index (χ1n) is 18.2. The standard InChI is InChI=1S/3C11H22O2S.C4H9.Sn/c3*1-9(2)6-4-3-5-7-10(8-14)11(12)13;1-3-4-2;/h3*9-10,14H,3-8H2,1-2H3,(H,12,13);1,3-4H2,2H3;/q;;;;+3/p-3. The zero-order valence-electron chi connectivity index (χ0n) is 31.1. The van der Waals surface area contributed by atoms with E-state index >= 15 is 0 Å². The molecule has 278 valence electrons. The number of carboxylic acid groups (broad SMARTS) is 3. The van der Waals surface area contributed by atoms with Gasteiger partial charge in [-0.3, -0.25) is 0 Å². The second-order valence-electron chi connectivity index (χ2n) is 13.8. The number of rotatable bonds is 26. The monoisotopic (exact) mass is 828 g/mol. The topological polar surface area (TPSA) is 120 Å². The van der Waals surface area contributed by atoms with E-state index < -0.39 is 17.9 Å². The molecule has 0 amide bonds. The van der Waals surface area contributed by atoms with Gasteiger partial charge in [-0.25, -0.2) is 0 Å². The Morgan fingerprint density at radius 1 is 0.468 bits per heavy atom. The fourth-order valence-electron chi connectivity index (χ4n) is 4.39. The Bertz CT molecular complexity index is 607. The summed E-state index contributed by atoms with van der Waals surface area (Å²) >= 11 is 13.7. The number of unbranched alkanes of at least 4 members (excludes halogenated alkanes) is 7. The van der Waals surface area contributed by atoms with E-state index in [1.54, 1.807) is 22.5 Å². The van der Waals surface area contributed by atoms with Crippen LogP contribution in [0.3, 0.4) is 0 Å². The molecule has 0 aliphatic heterocycles. The van der Waals surface area contributed by atoms with Gasteiger partial charge in [-0.15, -0.1) is 0 Å². The maximum absolute atomic E-state index is 10.5. The van der Waals surface area contributed by atoms with Crippen molar-refractivity contribution in [2.24, 2.45) is 35.5 Å². The Labute approximate surface area is 320 Å². The van der Waals surface area contributed by atoms with Gasteiger partial charge in [0.1, 0.15) is 0 Å². The quantitative estimate of drug-likeness (QED) is 0.0489. The van der Waals surface area contributed by atoms with Crippen molar-refractivity contribution in [1.29, 1.82) is 0 Å². The Morgan fingerprint density at radius 2 is 0.702 bits per heavy atom. The summed E-state index contributed by atoms with van der Waals surface area (Å²) in [7, 11) is 0. The molecule has 0 radical (unpaired) electrons. The van der Waals surface area contributed by atoms with Crippen LogP contribution in [0.15, 0.2) is 0 Å². The molecule has 0 aromatic rings. The summed E-state index contributed by atoms with van der Waals surface area (Å²) in [6.07, 6.45) is 18.5. The van der Waals surface area contributed by atoms with Crippen LogP contribution in [0.1, 0.15) is 158 Å². The van der Waals surface area contributed by atoms with Crippen LogP contribution < -0.4 is 15.3 Å². The molecule has 0 spiro atoms. The summed E-state index contributed by atoms with van der Waals surface area (Å²) < 4.78 is 1.43. The molecular weight excluding hydrogens is 755 g/mol. The molecule has 3 unspecified atom stereocenters. The number of carbonyl (C=O) groups is 3. The molecule has 3 atom stereocenters. The van der Waals surface area contributed by atoms with E-state index in [2.05, 4.69) is 86.4 Å². The number of thiol groups is 3.